The molecule has 3 aromatic rings. The molecule has 0 N–H and O–H groups in total. The van der Waals surface area contributed by atoms with Crippen molar-refractivity contribution in [2.45, 2.75) is 0 Å². The number of benzene rings is 2. The molecule has 1 amide bonds. The first-order valence-electron chi connectivity index (χ1n) is 9.27. The number of fused-ring (bicyclic) bond motifs is 1. The van der Waals surface area contributed by atoms with E-state index in [-0.39, 0.29) is 12.5 Å². The fraction of sp³-hybridized carbons (Fsp3) is 0.273. The van der Waals surface area contributed by atoms with E-state index in [1.54, 1.807) is 18.2 Å². The Morgan fingerprint density at radius 2 is 1.96 bits per heavy atom. The molecule has 144 valence electrons. The maximum absolute atomic E-state index is 12.5. The zero-order chi connectivity index (χ0) is 19.3. The number of ether oxygens (including phenoxy) is 3. The highest BCUT2D eigenvalue weighted by atomic mass is 16.5. The molecule has 0 aliphatic carbocycles. The van der Waals surface area contributed by atoms with Gasteiger partial charge in [-0.1, -0.05) is 30.3 Å². The maximum atomic E-state index is 12.5. The molecule has 28 heavy (non-hydrogen) atoms. The number of carbonyl (C=O) groups is 1. The summed E-state index contributed by atoms with van der Waals surface area (Å²) in [5.41, 5.74) is 1.85. The van der Waals surface area contributed by atoms with Crippen LogP contribution < -0.4 is 9.47 Å². The SMILES string of the molecule is COc1cc(-c2c(OCC(=O)N3CCOCC3)ccc3ccccc23)ccn1. The third-order valence-corrected chi connectivity index (χ3v) is 4.84. The fourth-order valence-corrected chi connectivity index (χ4v) is 3.39. The predicted molar refractivity (Wildman–Crippen MR) is 107 cm³/mol. The summed E-state index contributed by atoms with van der Waals surface area (Å²) in [7, 11) is 1.59. The van der Waals surface area contributed by atoms with Gasteiger partial charge < -0.3 is 19.1 Å². The van der Waals surface area contributed by atoms with Gasteiger partial charge in [-0.15, -0.1) is 0 Å². The van der Waals surface area contributed by atoms with E-state index in [1.807, 2.05) is 42.5 Å². The minimum atomic E-state index is -0.0327. The van der Waals surface area contributed by atoms with Gasteiger partial charge in [0, 0.05) is 30.9 Å². The zero-order valence-electron chi connectivity index (χ0n) is 15.8. The zero-order valence-corrected chi connectivity index (χ0v) is 15.8. The molecule has 1 saturated heterocycles. The van der Waals surface area contributed by atoms with Gasteiger partial charge in [-0.3, -0.25) is 4.79 Å². The normalized spacial score (nSPS) is 14.1. The van der Waals surface area contributed by atoms with E-state index in [9.17, 15) is 4.79 Å². The molecule has 1 aliphatic heterocycles. The summed E-state index contributed by atoms with van der Waals surface area (Å²) in [4.78, 5) is 18.5. The van der Waals surface area contributed by atoms with Crippen LogP contribution >= 0.6 is 0 Å². The minimum Gasteiger partial charge on any atom is -0.483 e. The Balaban J connectivity index is 1.68. The second-order valence-corrected chi connectivity index (χ2v) is 6.53. The Bertz CT molecular complexity index is 983. The molecule has 4 rings (SSSR count). The highest BCUT2D eigenvalue weighted by Crippen LogP contribution is 2.38. The first-order valence-corrected chi connectivity index (χ1v) is 9.27. The Kier molecular flexibility index (Phi) is 5.39. The standard InChI is InChI=1S/C22H22N2O4/c1-26-20-14-17(8-9-23-20)22-18-5-3-2-4-16(18)6-7-19(22)28-15-21(25)24-10-12-27-13-11-24/h2-9,14H,10-13,15H2,1H3. The van der Waals surface area contributed by atoms with Gasteiger partial charge >= 0.3 is 0 Å². The molecule has 0 spiro atoms. The largest absolute Gasteiger partial charge is 0.483 e. The summed E-state index contributed by atoms with van der Waals surface area (Å²) >= 11 is 0. The molecular weight excluding hydrogens is 356 g/mol. The van der Waals surface area contributed by atoms with Crippen molar-refractivity contribution in [1.29, 1.82) is 0 Å². The van der Waals surface area contributed by atoms with Gasteiger partial charge in [0.2, 0.25) is 5.88 Å². The lowest BCUT2D eigenvalue weighted by molar-refractivity contribution is -0.137. The Morgan fingerprint density at radius 1 is 1.14 bits per heavy atom. The summed E-state index contributed by atoms with van der Waals surface area (Å²) in [5.74, 6) is 1.16. The summed E-state index contributed by atoms with van der Waals surface area (Å²) in [6, 6.07) is 15.8. The van der Waals surface area contributed by atoms with E-state index >= 15 is 0 Å². The lowest BCUT2D eigenvalue weighted by Crippen LogP contribution is -2.43. The first kappa shape index (κ1) is 18.3. The maximum Gasteiger partial charge on any atom is 0.260 e. The van der Waals surface area contributed by atoms with Crippen molar-refractivity contribution in [3.8, 4) is 22.8 Å². The third-order valence-electron chi connectivity index (χ3n) is 4.84. The second-order valence-electron chi connectivity index (χ2n) is 6.53. The van der Waals surface area contributed by atoms with Crippen LogP contribution in [0.15, 0.2) is 54.7 Å². The summed E-state index contributed by atoms with van der Waals surface area (Å²) in [6.07, 6.45) is 1.71. The van der Waals surface area contributed by atoms with Crippen molar-refractivity contribution in [2.24, 2.45) is 0 Å². The highest BCUT2D eigenvalue weighted by molar-refractivity contribution is 6.00. The molecule has 1 aliphatic rings. The molecule has 0 radical (unpaired) electrons. The lowest BCUT2D eigenvalue weighted by Gasteiger charge is -2.27. The number of amides is 1. The molecule has 2 aromatic carbocycles. The van der Waals surface area contributed by atoms with Gasteiger partial charge in [-0.25, -0.2) is 4.98 Å². The topological polar surface area (TPSA) is 60.9 Å². The van der Waals surface area contributed by atoms with Crippen molar-refractivity contribution in [1.82, 2.24) is 9.88 Å². The van der Waals surface area contributed by atoms with E-state index in [0.717, 1.165) is 21.9 Å². The molecule has 2 heterocycles. The van der Waals surface area contributed by atoms with Crippen molar-refractivity contribution in [3.05, 3.63) is 54.7 Å². The Hall–Kier alpha value is -3.12. The first-order chi connectivity index (χ1) is 13.8. The number of hydrogen-bond donors (Lipinski definition) is 0. The van der Waals surface area contributed by atoms with Gasteiger partial charge in [0.1, 0.15) is 5.75 Å². The van der Waals surface area contributed by atoms with E-state index in [1.165, 1.54) is 0 Å². The van der Waals surface area contributed by atoms with Crippen LogP contribution in [0.25, 0.3) is 21.9 Å². The van der Waals surface area contributed by atoms with Crippen LogP contribution in [0.5, 0.6) is 11.6 Å². The number of rotatable bonds is 5. The van der Waals surface area contributed by atoms with Crippen molar-refractivity contribution in [3.63, 3.8) is 0 Å². The predicted octanol–water partition coefficient (Wildman–Crippen LogP) is 3.15. The number of nitrogens with zero attached hydrogens (tertiary/aromatic N) is 2. The average Bonchev–Trinajstić information content (AvgIpc) is 2.77. The van der Waals surface area contributed by atoms with Gasteiger partial charge in [-0.05, 0) is 28.5 Å². The molecule has 0 saturated carbocycles. The number of aromatic nitrogens is 1. The fourth-order valence-electron chi connectivity index (χ4n) is 3.39. The smallest absolute Gasteiger partial charge is 0.260 e. The molecule has 1 aromatic heterocycles. The van der Waals surface area contributed by atoms with Gasteiger partial charge in [0.05, 0.1) is 20.3 Å². The Morgan fingerprint density at radius 3 is 2.79 bits per heavy atom. The molecule has 6 nitrogen and oxygen atoms in total. The third kappa shape index (κ3) is 3.77. The molecule has 0 unspecified atom stereocenters. The summed E-state index contributed by atoms with van der Waals surface area (Å²) in [5, 5.41) is 2.15. The van der Waals surface area contributed by atoms with E-state index in [2.05, 4.69) is 11.1 Å². The van der Waals surface area contributed by atoms with Gasteiger partial charge in [0.15, 0.2) is 6.61 Å². The van der Waals surface area contributed by atoms with Crippen LogP contribution in [0.2, 0.25) is 0 Å². The molecule has 0 bridgehead atoms. The Labute approximate surface area is 163 Å². The molecule has 6 heteroatoms. The van der Waals surface area contributed by atoms with Crippen LogP contribution in [-0.2, 0) is 9.53 Å². The number of hydrogen-bond acceptors (Lipinski definition) is 5. The highest BCUT2D eigenvalue weighted by Gasteiger charge is 2.19. The molecule has 0 atom stereocenters. The van der Waals surface area contributed by atoms with Crippen LogP contribution in [0.4, 0.5) is 0 Å². The number of carbonyl (C=O) groups excluding carboxylic acids is 1. The van der Waals surface area contributed by atoms with Crippen molar-refractivity contribution < 1.29 is 19.0 Å². The van der Waals surface area contributed by atoms with Gasteiger partial charge in [-0.2, -0.15) is 0 Å². The molecule has 1 fully saturated rings. The van der Waals surface area contributed by atoms with Crippen LogP contribution in [0.1, 0.15) is 0 Å². The van der Waals surface area contributed by atoms with E-state index in [4.69, 9.17) is 14.2 Å². The summed E-state index contributed by atoms with van der Waals surface area (Å²) < 4.78 is 16.6. The van der Waals surface area contributed by atoms with Crippen molar-refractivity contribution >= 4 is 16.7 Å². The molecular formula is C22H22N2O4. The average molecular weight is 378 g/mol. The van der Waals surface area contributed by atoms with Crippen LogP contribution in [0.3, 0.4) is 0 Å². The summed E-state index contributed by atoms with van der Waals surface area (Å²) in [6.45, 7) is 2.35. The second kappa shape index (κ2) is 8.27. The van der Waals surface area contributed by atoms with Crippen molar-refractivity contribution in [2.75, 3.05) is 40.0 Å². The lowest BCUT2D eigenvalue weighted by atomic mass is 9.98. The van der Waals surface area contributed by atoms with Crippen LogP contribution in [0, 0.1) is 0 Å². The number of methoxy groups -OCH3 is 1. The van der Waals surface area contributed by atoms with Gasteiger partial charge in [0.25, 0.3) is 5.91 Å². The van der Waals surface area contributed by atoms with E-state index < -0.39 is 0 Å². The monoisotopic (exact) mass is 378 g/mol. The minimum absolute atomic E-state index is 0.00639. The quantitative estimate of drug-likeness (QED) is 0.683. The van der Waals surface area contributed by atoms with E-state index in [0.29, 0.717) is 37.9 Å². The van der Waals surface area contributed by atoms with Crippen LogP contribution in [-0.4, -0.2) is 55.8 Å². The number of pyridine rings is 1. The number of morpholine rings is 1.